The van der Waals surface area contributed by atoms with Gasteiger partial charge < -0.3 is 15.1 Å². The van der Waals surface area contributed by atoms with Crippen LogP contribution in [0.1, 0.15) is 22.6 Å². The highest BCUT2D eigenvalue weighted by Crippen LogP contribution is 2.38. The molecule has 1 atom stereocenters. The van der Waals surface area contributed by atoms with Crippen LogP contribution in [0.25, 0.3) is 5.69 Å². The average Bonchev–Trinajstić information content (AvgIpc) is 2.94. The van der Waals surface area contributed by atoms with Crippen molar-refractivity contribution in [2.24, 2.45) is 0 Å². The number of fused-ring (bicyclic) bond motifs is 1. The lowest BCUT2D eigenvalue weighted by Crippen LogP contribution is -2.31. The SMILES string of the molecule is CN1Cc2c(Cl)cc(Cl)cc2C(c2ccc(-n3c(O)ccc3O)cc2)C1. The molecule has 0 saturated heterocycles. The molecule has 26 heavy (non-hydrogen) atoms. The van der Waals surface area contributed by atoms with Gasteiger partial charge in [0.25, 0.3) is 0 Å². The third-order valence-corrected chi connectivity index (χ3v) is 5.44. The van der Waals surface area contributed by atoms with Crippen LogP contribution in [0.5, 0.6) is 11.8 Å². The first kappa shape index (κ1) is 17.3. The standard InChI is InChI=1S/C20H18Cl2N2O2/c1-23-10-16(15-8-13(21)9-18(22)17(15)11-23)12-2-4-14(5-3-12)24-19(25)6-7-20(24)26/h2-9,16,25-26H,10-11H2,1H3. The molecule has 0 aliphatic carbocycles. The van der Waals surface area contributed by atoms with Crippen LogP contribution in [0.4, 0.5) is 0 Å². The maximum Gasteiger partial charge on any atom is 0.198 e. The highest BCUT2D eigenvalue weighted by atomic mass is 35.5. The lowest BCUT2D eigenvalue weighted by molar-refractivity contribution is 0.295. The second-order valence-corrected chi connectivity index (χ2v) is 7.53. The summed E-state index contributed by atoms with van der Waals surface area (Å²) in [6.07, 6.45) is 0. The van der Waals surface area contributed by atoms with Gasteiger partial charge in [-0.25, -0.2) is 0 Å². The Hall–Kier alpha value is -2.14. The molecule has 4 rings (SSSR count). The monoisotopic (exact) mass is 388 g/mol. The van der Waals surface area contributed by atoms with Crippen LogP contribution in [0.2, 0.25) is 10.0 Å². The first-order valence-corrected chi connectivity index (χ1v) is 9.06. The van der Waals surface area contributed by atoms with Crippen LogP contribution >= 0.6 is 23.2 Å². The van der Waals surface area contributed by atoms with Crippen LogP contribution < -0.4 is 0 Å². The van der Waals surface area contributed by atoms with Crippen molar-refractivity contribution in [3.63, 3.8) is 0 Å². The fourth-order valence-corrected chi connectivity index (χ4v) is 4.24. The molecule has 0 saturated carbocycles. The smallest absolute Gasteiger partial charge is 0.198 e. The van der Waals surface area contributed by atoms with Crippen LogP contribution in [0.3, 0.4) is 0 Å². The molecule has 1 aliphatic heterocycles. The normalized spacial score (nSPS) is 17.3. The summed E-state index contributed by atoms with van der Waals surface area (Å²) in [5, 5.41) is 21.1. The molecule has 0 fully saturated rings. The summed E-state index contributed by atoms with van der Waals surface area (Å²) in [6.45, 7) is 1.66. The van der Waals surface area contributed by atoms with E-state index in [2.05, 4.69) is 11.9 Å². The van der Waals surface area contributed by atoms with E-state index in [9.17, 15) is 10.2 Å². The predicted octanol–water partition coefficient (Wildman–Crippen LogP) is 4.77. The van der Waals surface area contributed by atoms with Gasteiger partial charge in [-0.15, -0.1) is 0 Å². The number of aromatic nitrogens is 1. The summed E-state index contributed by atoms with van der Waals surface area (Å²) in [5.74, 6) is 0.147. The van der Waals surface area contributed by atoms with Gasteiger partial charge in [-0.2, -0.15) is 0 Å². The van der Waals surface area contributed by atoms with Crippen LogP contribution in [-0.2, 0) is 6.54 Å². The Kier molecular flexibility index (Phi) is 4.35. The van der Waals surface area contributed by atoms with E-state index in [1.165, 1.54) is 16.7 Å². The van der Waals surface area contributed by atoms with Gasteiger partial charge in [0, 0.05) is 41.2 Å². The average molecular weight is 389 g/mol. The van der Waals surface area contributed by atoms with E-state index in [4.69, 9.17) is 23.2 Å². The highest BCUT2D eigenvalue weighted by molar-refractivity contribution is 6.35. The Morgan fingerprint density at radius 3 is 2.27 bits per heavy atom. The number of halogens is 2. The Morgan fingerprint density at radius 2 is 1.62 bits per heavy atom. The third kappa shape index (κ3) is 2.94. The molecule has 6 heteroatoms. The molecule has 2 aromatic carbocycles. The van der Waals surface area contributed by atoms with E-state index in [0.717, 1.165) is 29.8 Å². The molecule has 4 nitrogen and oxygen atoms in total. The maximum absolute atomic E-state index is 9.90. The summed E-state index contributed by atoms with van der Waals surface area (Å²) in [7, 11) is 2.07. The fraction of sp³-hybridized carbons (Fsp3) is 0.200. The summed E-state index contributed by atoms with van der Waals surface area (Å²) < 4.78 is 1.39. The molecule has 1 unspecified atom stereocenters. The molecule has 0 spiro atoms. The van der Waals surface area contributed by atoms with Crippen molar-refractivity contribution in [2.45, 2.75) is 12.5 Å². The van der Waals surface area contributed by atoms with Crippen molar-refractivity contribution in [3.05, 3.63) is 75.3 Å². The van der Waals surface area contributed by atoms with Crippen molar-refractivity contribution < 1.29 is 10.2 Å². The lowest BCUT2D eigenvalue weighted by atomic mass is 9.84. The van der Waals surface area contributed by atoms with E-state index in [-0.39, 0.29) is 17.7 Å². The molecular formula is C20H18Cl2N2O2. The van der Waals surface area contributed by atoms with Crippen molar-refractivity contribution >= 4 is 23.2 Å². The van der Waals surface area contributed by atoms with Crippen molar-refractivity contribution in [1.29, 1.82) is 0 Å². The third-order valence-electron chi connectivity index (χ3n) is 4.89. The Balaban J connectivity index is 1.75. The van der Waals surface area contributed by atoms with Crippen molar-refractivity contribution in [3.8, 4) is 17.4 Å². The molecule has 2 heterocycles. The van der Waals surface area contributed by atoms with Gasteiger partial charge >= 0.3 is 0 Å². The quantitative estimate of drug-likeness (QED) is 0.664. The zero-order valence-electron chi connectivity index (χ0n) is 14.2. The molecule has 3 aromatic rings. The molecule has 2 N–H and O–H groups in total. The second kappa shape index (κ2) is 6.54. The van der Waals surface area contributed by atoms with Crippen LogP contribution in [-0.4, -0.2) is 33.3 Å². The second-order valence-electron chi connectivity index (χ2n) is 6.68. The van der Waals surface area contributed by atoms with Gasteiger partial charge in [0.2, 0.25) is 0 Å². The Labute approximate surface area is 161 Å². The first-order chi connectivity index (χ1) is 12.4. The first-order valence-electron chi connectivity index (χ1n) is 8.30. The van der Waals surface area contributed by atoms with E-state index >= 15 is 0 Å². The molecule has 0 amide bonds. The largest absolute Gasteiger partial charge is 0.494 e. The van der Waals surface area contributed by atoms with E-state index in [1.807, 2.05) is 30.3 Å². The summed E-state index contributed by atoms with van der Waals surface area (Å²) >= 11 is 12.7. The number of rotatable bonds is 2. The molecule has 0 radical (unpaired) electrons. The molecule has 1 aliphatic rings. The van der Waals surface area contributed by atoms with Crippen LogP contribution in [0, 0.1) is 0 Å². The van der Waals surface area contributed by atoms with Gasteiger partial charge in [0.15, 0.2) is 11.8 Å². The van der Waals surface area contributed by atoms with Crippen molar-refractivity contribution in [1.82, 2.24) is 9.47 Å². The van der Waals surface area contributed by atoms with E-state index < -0.39 is 0 Å². The van der Waals surface area contributed by atoms with Gasteiger partial charge in [0.1, 0.15) is 0 Å². The topological polar surface area (TPSA) is 48.6 Å². The predicted molar refractivity (Wildman–Crippen MR) is 104 cm³/mol. The minimum Gasteiger partial charge on any atom is -0.494 e. The molecular weight excluding hydrogens is 371 g/mol. The number of nitrogens with zero attached hydrogens (tertiary/aromatic N) is 2. The number of hydrogen-bond acceptors (Lipinski definition) is 3. The van der Waals surface area contributed by atoms with Gasteiger partial charge in [-0.05, 0) is 48.0 Å². The number of likely N-dealkylation sites (N-methyl/N-ethyl adjacent to an activating group) is 1. The summed E-state index contributed by atoms with van der Waals surface area (Å²) in [4.78, 5) is 2.24. The number of aromatic hydroxyl groups is 2. The van der Waals surface area contributed by atoms with Crippen molar-refractivity contribution in [2.75, 3.05) is 13.6 Å². The molecule has 1 aromatic heterocycles. The fourth-order valence-electron chi connectivity index (χ4n) is 3.67. The van der Waals surface area contributed by atoms with E-state index in [0.29, 0.717) is 15.7 Å². The zero-order chi connectivity index (χ0) is 18.4. The van der Waals surface area contributed by atoms with Gasteiger partial charge in [-0.1, -0.05) is 35.3 Å². The minimum atomic E-state index is -0.00319. The number of hydrogen-bond donors (Lipinski definition) is 2. The zero-order valence-corrected chi connectivity index (χ0v) is 15.7. The summed E-state index contributed by atoms with van der Waals surface area (Å²) in [6, 6.07) is 14.5. The van der Waals surface area contributed by atoms with E-state index in [1.54, 1.807) is 6.07 Å². The van der Waals surface area contributed by atoms with Crippen LogP contribution in [0.15, 0.2) is 48.5 Å². The molecule has 0 bridgehead atoms. The van der Waals surface area contributed by atoms with Gasteiger partial charge in [0.05, 0.1) is 5.69 Å². The number of benzene rings is 2. The summed E-state index contributed by atoms with van der Waals surface area (Å²) in [5.41, 5.74) is 4.09. The Morgan fingerprint density at radius 1 is 0.962 bits per heavy atom. The maximum atomic E-state index is 9.90. The highest BCUT2D eigenvalue weighted by Gasteiger charge is 2.27. The minimum absolute atomic E-state index is 0.00319. The lowest BCUT2D eigenvalue weighted by Gasteiger charge is -2.33. The molecule has 134 valence electrons. The van der Waals surface area contributed by atoms with Gasteiger partial charge in [-0.3, -0.25) is 4.57 Å². The Bertz CT molecular complexity index is 947.